The Labute approximate surface area is 200 Å². The summed E-state index contributed by atoms with van der Waals surface area (Å²) in [4.78, 5) is 29.8. The molecule has 0 saturated carbocycles. The lowest BCUT2D eigenvalue weighted by Crippen LogP contribution is -2.55. The lowest BCUT2D eigenvalue weighted by Gasteiger charge is -2.40. The van der Waals surface area contributed by atoms with Crippen LogP contribution in [0.2, 0.25) is 10.0 Å². The van der Waals surface area contributed by atoms with E-state index in [1.54, 1.807) is 31.3 Å². The van der Waals surface area contributed by atoms with E-state index < -0.39 is 33.8 Å². The Kier molecular flexibility index (Phi) is 6.09. The van der Waals surface area contributed by atoms with Crippen LogP contribution in [0.3, 0.4) is 0 Å². The zero-order chi connectivity index (χ0) is 24.0. The molecule has 11 heteroatoms. The quantitative estimate of drug-likeness (QED) is 0.564. The number of nitrogens with zero attached hydrogens (tertiary/aromatic N) is 2. The number of hydrogen-bond donors (Lipinski definition) is 2. The zero-order valence-electron chi connectivity index (χ0n) is 17.7. The standard InChI is InChI=1S/C22H20Cl2N4O4S/c1-22(21(30)27-18-10-26-9-13-7-14(23)3-5-16(13)18)12-28(11-20(29)25-2)33(31,32)19-6-4-15(24)8-17(19)22/h3-10H,11-12H2,1-2H3,(H,25,29)(H,27,30). The Hall–Kier alpha value is -2.72. The summed E-state index contributed by atoms with van der Waals surface area (Å²) in [7, 11) is -2.60. The van der Waals surface area contributed by atoms with Gasteiger partial charge in [-0.2, -0.15) is 4.31 Å². The van der Waals surface area contributed by atoms with Crippen molar-refractivity contribution in [3.05, 3.63) is 64.4 Å². The van der Waals surface area contributed by atoms with Gasteiger partial charge in [-0.15, -0.1) is 0 Å². The molecule has 1 aliphatic heterocycles. The highest BCUT2D eigenvalue weighted by Gasteiger charge is 2.48. The molecule has 4 rings (SSSR count). The first-order chi connectivity index (χ1) is 15.6. The van der Waals surface area contributed by atoms with Crippen molar-refractivity contribution in [2.75, 3.05) is 25.5 Å². The number of likely N-dealkylation sites (N-methyl/N-ethyl adjacent to an activating group) is 1. The maximum absolute atomic E-state index is 13.7. The molecule has 2 N–H and O–H groups in total. The second-order valence-corrected chi connectivity index (χ2v) is 10.7. The summed E-state index contributed by atoms with van der Waals surface area (Å²) in [6.45, 7) is 0.961. The molecule has 2 heterocycles. The van der Waals surface area contributed by atoms with Crippen LogP contribution in [0.15, 0.2) is 53.7 Å². The number of sulfonamides is 1. The average Bonchev–Trinajstić information content (AvgIpc) is 2.77. The first-order valence-electron chi connectivity index (χ1n) is 9.92. The second kappa shape index (κ2) is 8.57. The summed E-state index contributed by atoms with van der Waals surface area (Å²) in [6.07, 6.45) is 3.14. The molecule has 8 nitrogen and oxygen atoms in total. The van der Waals surface area contributed by atoms with Crippen molar-refractivity contribution in [3.63, 3.8) is 0 Å². The maximum atomic E-state index is 13.7. The minimum absolute atomic E-state index is 0.0671. The number of rotatable bonds is 4. The van der Waals surface area contributed by atoms with Gasteiger partial charge in [0.25, 0.3) is 0 Å². The number of hydrogen-bond acceptors (Lipinski definition) is 5. The third-order valence-electron chi connectivity index (χ3n) is 5.72. The van der Waals surface area contributed by atoms with Gasteiger partial charge in [-0.1, -0.05) is 29.3 Å². The van der Waals surface area contributed by atoms with Crippen molar-refractivity contribution in [1.82, 2.24) is 14.6 Å². The number of carbonyl (C=O) groups is 2. The summed E-state index contributed by atoms with van der Waals surface area (Å²) < 4.78 is 27.4. The SMILES string of the molecule is CNC(=O)CN1CC(C)(C(=O)Nc2cncc3cc(Cl)ccc23)c2cc(Cl)ccc2S1(=O)=O. The molecule has 2 aromatic carbocycles. The number of aromatic nitrogens is 1. The molecule has 172 valence electrons. The number of amides is 2. The Morgan fingerprint density at radius 3 is 2.55 bits per heavy atom. The predicted molar refractivity (Wildman–Crippen MR) is 127 cm³/mol. The summed E-state index contributed by atoms with van der Waals surface area (Å²) in [6, 6.07) is 9.48. The van der Waals surface area contributed by atoms with E-state index in [0.29, 0.717) is 15.7 Å². The molecule has 33 heavy (non-hydrogen) atoms. The van der Waals surface area contributed by atoms with Gasteiger partial charge in [-0.05, 0) is 42.8 Å². The zero-order valence-corrected chi connectivity index (χ0v) is 20.1. The average molecular weight is 507 g/mol. The lowest BCUT2D eigenvalue weighted by atomic mass is 9.80. The van der Waals surface area contributed by atoms with Crippen molar-refractivity contribution < 1.29 is 18.0 Å². The van der Waals surface area contributed by atoms with Crippen LogP contribution in [-0.2, 0) is 25.0 Å². The molecule has 0 bridgehead atoms. The highest BCUT2D eigenvalue weighted by Crippen LogP contribution is 2.40. The van der Waals surface area contributed by atoms with Gasteiger partial charge < -0.3 is 10.6 Å². The molecule has 0 radical (unpaired) electrons. The van der Waals surface area contributed by atoms with Gasteiger partial charge in [0.05, 0.1) is 28.7 Å². The first kappa shape index (κ1) is 23.4. The normalized spacial score (nSPS) is 19.6. The van der Waals surface area contributed by atoms with E-state index in [0.717, 1.165) is 15.1 Å². The predicted octanol–water partition coefficient (Wildman–Crippen LogP) is 3.19. The van der Waals surface area contributed by atoms with Crippen LogP contribution in [0.4, 0.5) is 5.69 Å². The summed E-state index contributed by atoms with van der Waals surface area (Å²) in [5.74, 6) is -0.957. The lowest BCUT2D eigenvalue weighted by molar-refractivity contribution is -0.124. The van der Waals surface area contributed by atoms with Crippen LogP contribution in [0.1, 0.15) is 12.5 Å². The Morgan fingerprint density at radius 2 is 1.82 bits per heavy atom. The number of carbonyl (C=O) groups excluding carboxylic acids is 2. The van der Waals surface area contributed by atoms with Gasteiger partial charge in [-0.25, -0.2) is 8.42 Å². The number of benzene rings is 2. The molecule has 3 aromatic rings. The van der Waals surface area contributed by atoms with Gasteiger partial charge in [0.1, 0.15) is 0 Å². The Morgan fingerprint density at radius 1 is 1.12 bits per heavy atom. The Balaban J connectivity index is 1.80. The fraction of sp³-hybridized carbons (Fsp3) is 0.227. The third kappa shape index (κ3) is 4.17. The summed E-state index contributed by atoms with van der Waals surface area (Å²) >= 11 is 12.2. The van der Waals surface area contributed by atoms with Gasteiger partial charge in [0.2, 0.25) is 21.8 Å². The van der Waals surface area contributed by atoms with Crippen molar-refractivity contribution in [1.29, 1.82) is 0 Å². The van der Waals surface area contributed by atoms with Crippen molar-refractivity contribution in [3.8, 4) is 0 Å². The fourth-order valence-corrected chi connectivity index (χ4v) is 6.05. The molecule has 2 amide bonds. The fourth-order valence-electron chi connectivity index (χ4n) is 3.90. The van der Waals surface area contributed by atoms with Crippen LogP contribution in [-0.4, -0.2) is 49.7 Å². The van der Waals surface area contributed by atoms with E-state index in [-0.39, 0.29) is 17.0 Å². The molecule has 1 aromatic heterocycles. The number of nitrogens with one attached hydrogen (secondary N) is 2. The molecule has 0 spiro atoms. The van der Waals surface area contributed by atoms with Gasteiger partial charge in [0.15, 0.2) is 0 Å². The molecule has 1 unspecified atom stereocenters. The number of halogens is 2. The van der Waals surface area contributed by atoms with Crippen molar-refractivity contribution >= 4 is 61.5 Å². The molecule has 0 saturated heterocycles. The highest BCUT2D eigenvalue weighted by atomic mass is 35.5. The summed E-state index contributed by atoms with van der Waals surface area (Å²) in [5, 5.41) is 7.59. The molecule has 1 atom stereocenters. The molecular formula is C22H20Cl2N4O4S. The van der Waals surface area contributed by atoms with Crippen LogP contribution < -0.4 is 10.6 Å². The smallest absolute Gasteiger partial charge is 0.243 e. The van der Waals surface area contributed by atoms with E-state index in [9.17, 15) is 18.0 Å². The maximum Gasteiger partial charge on any atom is 0.243 e. The number of fused-ring (bicyclic) bond motifs is 2. The van der Waals surface area contributed by atoms with Crippen LogP contribution in [0, 0.1) is 0 Å². The third-order valence-corrected chi connectivity index (χ3v) is 8.04. The van der Waals surface area contributed by atoms with Gasteiger partial charge in [0, 0.05) is 40.6 Å². The van der Waals surface area contributed by atoms with E-state index in [4.69, 9.17) is 23.2 Å². The van der Waals surface area contributed by atoms with Crippen LogP contribution >= 0.6 is 23.2 Å². The summed E-state index contributed by atoms with van der Waals surface area (Å²) in [5.41, 5.74) is -0.629. The van der Waals surface area contributed by atoms with E-state index in [1.807, 2.05) is 0 Å². The molecule has 0 aliphatic carbocycles. The molecule has 0 fully saturated rings. The minimum Gasteiger partial charge on any atom is -0.358 e. The van der Waals surface area contributed by atoms with Crippen LogP contribution in [0.5, 0.6) is 0 Å². The van der Waals surface area contributed by atoms with Crippen molar-refractivity contribution in [2.24, 2.45) is 0 Å². The van der Waals surface area contributed by atoms with Gasteiger partial charge in [-0.3, -0.25) is 14.6 Å². The van der Waals surface area contributed by atoms with E-state index in [2.05, 4.69) is 15.6 Å². The van der Waals surface area contributed by atoms with E-state index >= 15 is 0 Å². The second-order valence-electron chi connectivity index (χ2n) is 7.93. The van der Waals surface area contributed by atoms with Crippen molar-refractivity contribution in [2.45, 2.75) is 17.2 Å². The Bertz CT molecular complexity index is 1400. The number of anilines is 1. The monoisotopic (exact) mass is 506 g/mol. The van der Waals surface area contributed by atoms with Gasteiger partial charge >= 0.3 is 0 Å². The minimum atomic E-state index is -4.01. The van der Waals surface area contributed by atoms with E-state index in [1.165, 1.54) is 31.4 Å². The highest BCUT2D eigenvalue weighted by molar-refractivity contribution is 7.89. The molecule has 1 aliphatic rings. The molecular weight excluding hydrogens is 487 g/mol. The van der Waals surface area contributed by atoms with Crippen LogP contribution in [0.25, 0.3) is 10.8 Å². The topological polar surface area (TPSA) is 108 Å². The first-order valence-corrected chi connectivity index (χ1v) is 12.1. The number of pyridine rings is 1. The largest absolute Gasteiger partial charge is 0.358 e.